The van der Waals surface area contributed by atoms with E-state index in [1.54, 1.807) is 19.2 Å². The minimum Gasteiger partial charge on any atom is -0.478 e. The van der Waals surface area contributed by atoms with E-state index in [9.17, 15) is 9.59 Å². The van der Waals surface area contributed by atoms with Crippen molar-refractivity contribution in [1.29, 1.82) is 0 Å². The summed E-state index contributed by atoms with van der Waals surface area (Å²) in [6.07, 6.45) is 5.44. The van der Waals surface area contributed by atoms with Gasteiger partial charge in [-0.2, -0.15) is 0 Å². The van der Waals surface area contributed by atoms with E-state index in [1.807, 2.05) is 0 Å². The van der Waals surface area contributed by atoms with Crippen LogP contribution in [0.2, 0.25) is 0 Å². The molecule has 6 heteroatoms. The number of methoxy groups -OCH3 is 1. The van der Waals surface area contributed by atoms with Crippen molar-refractivity contribution in [3.05, 3.63) is 35.4 Å². The van der Waals surface area contributed by atoms with Crippen molar-refractivity contribution in [2.75, 3.05) is 13.7 Å². The maximum atomic E-state index is 11.9. The molecule has 0 spiro atoms. The molecule has 1 aliphatic rings. The standard InChI is InChI=1S/C17H24N2O4/c1-23-17(9-3-2-4-10-17)12-19-16(22)18-11-13-5-7-14(8-6-13)15(20)21/h5-8H,2-4,9-12H2,1H3,(H,20,21)(H2,18,19,22). The summed E-state index contributed by atoms with van der Waals surface area (Å²) in [5.41, 5.74) is 0.848. The van der Waals surface area contributed by atoms with Crippen LogP contribution in [0.25, 0.3) is 0 Å². The van der Waals surface area contributed by atoms with Gasteiger partial charge in [-0.1, -0.05) is 31.4 Å². The summed E-state index contributed by atoms with van der Waals surface area (Å²) in [6, 6.07) is 6.20. The predicted octanol–water partition coefficient (Wildman–Crippen LogP) is 2.53. The molecule has 0 aliphatic heterocycles. The Labute approximate surface area is 136 Å². The lowest BCUT2D eigenvalue weighted by Crippen LogP contribution is -2.48. The number of carboxylic acids is 1. The largest absolute Gasteiger partial charge is 0.478 e. The number of carbonyl (C=O) groups is 2. The molecule has 1 aromatic rings. The Morgan fingerprint density at radius 2 is 1.78 bits per heavy atom. The van der Waals surface area contributed by atoms with Crippen LogP contribution in [0.4, 0.5) is 4.79 Å². The van der Waals surface area contributed by atoms with E-state index in [-0.39, 0.29) is 17.2 Å². The van der Waals surface area contributed by atoms with Crippen LogP contribution in [0.15, 0.2) is 24.3 Å². The maximum Gasteiger partial charge on any atom is 0.335 e. The first-order valence-corrected chi connectivity index (χ1v) is 7.94. The Kier molecular flexibility index (Phi) is 5.98. The molecule has 1 saturated carbocycles. The highest BCUT2D eigenvalue weighted by atomic mass is 16.5. The van der Waals surface area contributed by atoms with Gasteiger partial charge in [0.25, 0.3) is 0 Å². The van der Waals surface area contributed by atoms with Crippen molar-refractivity contribution in [2.24, 2.45) is 0 Å². The lowest BCUT2D eigenvalue weighted by Gasteiger charge is -2.36. The van der Waals surface area contributed by atoms with E-state index in [0.29, 0.717) is 13.1 Å². The summed E-state index contributed by atoms with van der Waals surface area (Å²) in [5, 5.41) is 14.5. The van der Waals surface area contributed by atoms with Gasteiger partial charge >= 0.3 is 12.0 Å². The number of ether oxygens (including phenoxy) is 1. The first-order chi connectivity index (χ1) is 11.0. The molecular weight excluding hydrogens is 296 g/mol. The van der Waals surface area contributed by atoms with Gasteiger partial charge in [-0.3, -0.25) is 0 Å². The average molecular weight is 320 g/mol. The van der Waals surface area contributed by atoms with Crippen LogP contribution < -0.4 is 10.6 Å². The zero-order chi connectivity index (χ0) is 16.7. The number of nitrogens with one attached hydrogen (secondary N) is 2. The number of hydrogen-bond donors (Lipinski definition) is 3. The SMILES string of the molecule is COC1(CNC(=O)NCc2ccc(C(=O)O)cc2)CCCCC1. The summed E-state index contributed by atoms with van der Waals surface area (Å²) in [7, 11) is 1.70. The number of aromatic carboxylic acids is 1. The highest BCUT2D eigenvalue weighted by Gasteiger charge is 2.32. The van der Waals surface area contributed by atoms with Gasteiger partial charge in [0, 0.05) is 20.2 Å². The molecule has 1 aliphatic carbocycles. The zero-order valence-electron chi connectivity index (χ0n) is 13.4. The molecule has 0 radical (unpaired) electrons. The van der Waals surface area contributed by atoms with E-state index in [0.717, 1.165) is 31.2 Å². The third kappa shape index (κ3) is 4.96. The molecule has 0 unspecified atom stereocenters. The molecule has 1 aromatic carbocycles. The van der Waals surface area contributed by atoms with E-state index in [4.69, 9.17) is 9.84 Å². The van der Waals surface area contributed by atoms with Gasteiger partial charge in [0.2, 0.25) is 0 Å². The third-order valence-corrected chi connectivity index (χ3v) is 4.42. The van der Waals surface area contributed by atoms with Crippen LogP contribution in [0.5, 0.6) is 0 Å². The smallest absolute Gasteiger partial charge is 0.335 e. The zero-order valence-corrected chi connectivity index (χ0v) is 13.4. The van der Waals surface area contributed by atoms with Crippen LogP contribution in [0.1, 0.15) is 48.0 Å². The van der Waals surface area contributed by atoms with Gasteiger partial charge in [0.1, 0.15) is 0 Å². The molecule has 2 rings (SSSR count). The van der Waals surface area contributed by atoms with Crippen LogP contribution in [-0.2, 0) is 11.3 Å². The summed E-state index contributed by atoms with van der Waals surface area (Å²) < 4.78 is 5.63. The number of rotatable bonds is 6. The van der Waals surface area contributed by atoms with Crippen LogP contribution >= 0.6 is 0 Å². The molecule has 3 N–H and O–H groups in total. The van der Waals surface area contributed by atoms with Gasteiger partial charge in [-0.25, -0.2) is 9.59 Å². The summed E-state index contributed by atoms with van der Waals surface area (Å²) in [6.45, 7) is 0.860. The monoisotopic (exact) mass is 320 g/mol. The Bertz CT molecular complexity index is 536. The normalized spacial score (nSPS) is 16.6. The fourth-order valence-electron chi connectivity index (χ4n) is 2.90. The van der Waals surface area contributed by atoms with Crippen molar-refractivity contribution in [1.82, 2.24) is 10.6 Å². The van der Waals surface area contributed by atoms with Crippen molar-refractivity contribution in [3.63, 3.8) is 0 Å². The van der Waals surface area contributed by atoms with Gasteiger partial charge in [0.05, 0.1) is 11.2 Å². The maximum absolute atomic E-state index is 11.9. The fourth-order valence-corrected chi connectivity index (χ4v) is 2.90. The molecule has 23 heavy (non-hydrogen) atoms. The quantitative estimate of drug-likeness (QED) is 0.751. The molecule has 0 bridgehead atoms. The minimum atomic E-state index is -0.959. The predicted molar refractivity (Wildman–Crippen MR) is 86.5 cm³/mol. The average Bonchev–Trinajstić information content (AvgIpc) is 2.59. The molecule has 0 aromatic heterocycles. The van der Waals surface area contributed by atoms with Gasteiger partial charge in [-0.15, -0.1) is 0 Å². The van der Waals surface area contributed by atoms with Gasteiger partial charge in [-0.05, 0) is 30.5 Å². The number of hydrogen-bond acceptors (Lipinski definition) is 3. The van der Waals surface area contributed by atoms with E-state index in [1.165, 1.54) is 18.6 Å². The van der Waals surface area contributed by atoms with Crippen LogP contribution in [-0.4, -0.2) is 36.4 Å². The number of carbonyl (C=O) groups excluding carboxylic acids is 1. The lowest BCUT2D eigenvalue weighted by atomic mass is 9.84. The molecular formula is C17H24N2O4. The Hall–Kier alpha value is -2.08. The van der Waals surface area contributed by atoms with Gasteiger partial charge < -0.3 is 20.5 Å². The Morgan fingerprint density at radius 1 is 1.13 bits per heavy atom. The van der Waals surface area contributed by atoms with Crippen LogP contribution in [0, 0.1) is 0 Å². The third-order valence-electron chi connectivity index (χ3n) is 4.42. The Morgan fingerprint density at radius 3 is 2.35 bits per heavy atom. The molecule has 126 valence electrons. The second-order valence-corrected chi connectivity index (χ2v) is 5.99. The van der Waals surface area contributed by atoms with Gasteiger partial charge in [0.15, 0.2) is 0 Å². The highest BCUT2D eigenvalue weighted by Crippen LogP contribution is 2.30. The molecule has 2 amide bonds. The first-order valence-electron chi connectivity index (χ1n) is 7.94. The van der Waals surface area contributed by atoms with E-state index >= 15 is 0 Å². The number of urea groups is 1. The van der Waals surface area contributed by atoms with Crippen LogP contribution in [0.3, 0.4) is 0 Å². The summed E-state index contributed by atoms with van der Waals surface area (Å²) in [4.78, 5) is 22.7. The molecule has 6 nitrogen and oxygen atoms in total. The van der Waals surface area contributed by atoms with Crippen molar-refractivity contribution < 1.29 is 19.4 Å². The second-order valence-electron chi connectivity index (χ2n) is 5.99. The van der Waals surface area contributed by atoms with Crippen molar-refractivity contribution >= 4 is 12.0 Å². The summed E-state index contributed by atoms with van der Waals surface area (Å²) >= 11 is 0. The second kappa shape index (κ2) is 7.97. The highest BCUT2D eigenvalue weighted by molar-refractivity contribution is 5.87. The number of benzene rings is 1. The topological polar surface area (TPSA) is 87.7 Å². The molecule has 0 saturated heterocycles. The Balaban J connectivity index is 1.77. The van der Waals surface area contributed by atoms with Crippen molar-refractivity contribution in [3.8, 4) is 0 Å². The fraction of sp³-hybridized carbons (Fsp3) is 0.529. The van der Waals surface area contributed by atoms with Crippen molar-refractivity contribution in [2.45, 2.75) is 44.2 Å². The molecule has 0 atom stereocenters. The van der Waals surface area contributed by atoms with E-state index in [2.05, 4.69) is 10.6 Å². The molecule has 0 heterocycles. The number of amides is 2. The van der Waals surface area contributed by atoms with E-state index < -0.39 is 5.97 Å². The first kappa shape index (κ1) is 17.3. The lowest BCUT2D eigenvalue weighted by molar-refractivity contribution is -0.0355. The molecule has 1 fully saturated rings. The minimum absolute atomic E-state index is 0.234. The number of carboxylic acid groups (broad SMARTS) is 1. The summed E-state index contributed by atoms with van der Waals surface area (Å²) in [5.74, 6) is -0.959.